The topological polar surface area (TPSA) is 84.8 Å². The van der Waals surface area contributed by atoms with Gasteiger partial charge >= 0.3 is 6.09 Å². The van der Waals surface area contributed by atoms with E-state index in [1.165, 1.54) is 13.1 Å². The molecule has 6 nitrogen and oxygen atoms in total. The third-order valence-electron chi connectivity index (χ3n) is 1.86. The van der Waals surface area contributed by atoms with Gasteiger partial charge in [0.1, 0.15) is 0 Å². The summed E-state index contributed by atoms with van der Waals surface area (Å²) in [6, 6.07) is 0. The minimum atomic E-state index is -3.29. The molecule has 0 aromatic carbocycles. The molecule has 0 radical (unpaired) electrons. The Morgan fingerprint density at radius 3 is 2.53 bits per heavy atom. The summed E-state index contributed by atoms with van der Waals surface area (Å²) in [5.41, 5.74) is 0.301. The van der Waals surface area contributed by atoms with Crippen LogP contribution >= 0.6 is 0 Å². The van der Waals surface area contributed by atoms with E-state index in [1.54, 1.807) is 13.8 Å². The van der Waals surface area contributed by atoms with Crippen LogP contribution in [-0.4, -0.2) is 38.8 Å². The lowest BCUT2D eigenvalue weighted by Crippen LogP contribution is -2.24. The molecule has 0 aliphatic rings. The summed E-state index contributed by atoms with van der Waals surface area (Å²) in [6.45, 7) is 6.92. The summed E-state index contributed by atoms with van der Waals surface area (Å²) < 4.78 is 23.1. The van der Waals surface area contributed by atoms with Crippen LogP contribution in [0.25, 0.3) is 0 Å². The number of oxime groups is 1. The van der Waals surface area contributed by atoms with E-state index >= 15 is 0 Å². The molecule has 7 heteroatoms. The summed E-state index contributed by atoms with van der Waals surface area (Å²) in [7, 11) is -1.90. The van der Waals surface area contributed by atoms with Crippen molar-refractivity contribution in [1.29, 1.82) is 0 Å². The summed E-state index contributed by atoms with van der Waals surface area (Å²) in [6.07, 6.45) is 0.580. The first-order chi connectivity index (χ1) is 7.82. The van der Waals surface area contributed by atoms with Crippen molar-refractivity contribution in [2.24, 2.45) is 11.1 Å². The van der Waals surface area contributed by atoms with Crippen LogP contribution in [0.4, 0.5) is 4.79 Å². The van der Waals surface area contributed by atoms with E-state index in [4.69, 9.17) is 0 Å². The molecular formula is C10H18N2O4S. The predicted octanol–water partition coefficient (Wildman–Crippen LogP) is 0.955. The molecule has 98 valence electrons. The molecule has 0 saturated carbocycles. The lowest BCUT2D eigenvalue weighted by atomic mass is 10.1. The van der Waals surface area contributed by atoms with Crippen LogP contribution in [0.1, 0.15) is 13.8 Å². The third-order valence-corrected chi connectivity index (χ3v) is 3.34. The second-order valence-electron chi connectivity index (χ2n) is 3.71. The zero-order chi connectivity index (χ0) is 13.5. The molecule has 0 unspecified atom stereocenters. The first-order valence-corrected chi connectivity index (χ1v) is 6.91. The van der Waals surface area contributed by atoms with Crippen LogP contribution in [0.2, 0.25) is 0 Å². The Kier molecular flexibility index (Phi) is 6.48. The normalized spacial score (nSPS) is 12.4. The van der Waals surface area contributed by atoms with Crippen molar-refractivity contribution in [3.8, 4) is 0 Å². The lowest BCUT2D eigenvalue weighted by molar-refractivity contribution is 0.152. The molecule has 17 heavy (non-hydrogen) atoms. The van der Waals surface area contributed by atoms with Gasteiger partial charge in [0, 0.05) is 7.05 Å². The maximum Gasteiger partial charge on any atom is 0.433 e. The van der Waals surface area contributed by atoms with Crippen molar-refractivity contribution in [2.75, 3.05) is 18.6 Å². The van der Waals surface area contributed by atoms with Crippen molar-refractivity contribution >= 4 is 21.6 Å². The van der Waals surface area contributed by atoms with Crippen LogP contribution in [0.5, 0.6) is 0 Å². The SMILES string of the molecule is C=CCS(=O)(=O)CC(=NOC(=O)NC)C(C)C. The van der Waals surface area contributed by atoms with E-state index in [0.29, 0.717) is 5.71 Å². The number of carbonyl (C=O) groups excluding carboxylic acids is 1. The number of nitrogens with zero attached hydrogens (tertiary/aromatic N) is 1. The molecule has 0 aliphatic carbocycles. The summed E-state index contributed by atoms with van der Waals surface area (Å²) in [5.74, 6) is -0.494. The number of carbonyl (C=O) groups is 1. The molecule has 0 fully saturated rings. The van der Waals surface area contributed by atoms with Crippen LogP contribution in [-0.2, 0) is 14.7 Å². The van der Waals surface area contributed by atoms with Gasteiger partial charge < -0.3 is 5.32 Å². The molecule has 0 aromatic rings. The van der Waals surface area contributed by atoms with E-state index in [2.05, 4.69) is 21.9 Å². The Morgan fingerprint density at radius 1 is 1.53 bits per heavy atom. The molecule has 0 saturated heterocycles. The van der Waals surface area contributed by atoms with Gasteiger partial charge in [-0.2, -0.15) is 0 Å². The summed E-state index contributed by atoms with van der Waals surface area (Å²) in [5, 5.41) is 5.77. The van der Waals surface area contributed by atoms with Gasteiger partial charge in [0.15, 0.2) is 9.84 Å². The molecule has 0 bridgehead atoms. The van der Waals surface area contributed by atoms with Crippen molar-refractivity contribution in [1.82, 2.24) is 5.32 Å². The predicted molar refractivity (Wildman–Crippen MR) is 66.7 cm³/mol. The quantitative estimate of drug-likeness (QED) is 0.334. The smallest absolute Gasteiger partial charge is 0.323 e. The van der Waals surface area contributed by atoms with E-state index < -0.39 is 15.9 Å². The number of sulfone groups is 1. The van der Waals surface area contributed by atoms with Gasteiger partial charge in [0.2, 0.25) is 0 Å². The number of rotatable bonds is 6. The maximum absolute atomic E-state index is 11.6. The Morgan fingerprint density at radius 2 is 2.12 bits per heavy atom. The molecular weight excluding hydrogens is 244 g/mol. The molecule has 0 atom stereocenters. The van der Waals surface area contributed by atoms with Gasteiger partial charge in [0.05, 0.1) is 17.2 Å². The maximum atomic E-state index is 11.6. The minimum Gasteiger partial charge on any atom is -0.323 e. The van der Waals surface area contributed by atoms with E-state index in [-0.39, 0.29) is 17.4 Å². The van der Waals surface area contributed by atoms with Gasteiger partial charge in [-0.05, 0) is 5.92 Å². The highest BCUT2D eigenvalue weighted by atomic mass is 32.2. The molecule has 0 spiro atoms. The summed E-state index contributed by atoms with van der Waals surface area (Å²) in [4.78, 5) is 15.3. The number of hydrogen-bond acceptors (Lipinski definition) is 5. The number of amides is 1. The monoisotopic (exact) mass is 262 g/mol. The Hall–Kier alpha value is -1.37. The minimum absolute atomic E-state index is 0.126. The molecule has 0 rings (SSSR count). The van der Waals surface area contributed by atoms with Crippen LogP contribution < -0.4 is 5.32 Å². The Bertz CT molecular complexity index is 399. The number of nitrogens with one attached hydrogen (secondary N) is 1. The molecule has 1 N–H and O–H groups in total. The zero-order valence-electron chi connectivity index (χ0n) is 10.3. The standard InChI is InChI=1S/C10H18N2O4S/c1-5-6-17(14,15)7-9(8(2)3)12-16-10(13)11-4/h5,8H,1,6-7H2,2-4H3,(H,11,13). The Labute approximate surface area is 102 Å². The molecule has 1 amide bonds. The van der Waals surface area contributed by atoms with Gasteiger partial charge in [-0.15, -0.1) is 6.58 Å². The second kappa shape index (κ2) is 7.05. The van der Waals surface area contributed by atoms with E-state index in [0.717, 1.165) is 0 Å². The fourth-order valence-electron chi connectivity index (χ4n) is 0.908. The average molecular weight is 262 g/mol. The molecule has 0 aliphatic heterocycles. The largest absolute Gasteiger partial charge is 0.433 e. The summed E-state index contributed by atoms with van der Waals surface area (Å²) >= 11 is 0. The average Bonchev–Trinajstić information content (AvgIpc) is 2.23. The van der Waals surface area contributed by atoms with Gasteiger partial charge in [0.25, 0.3) is 0 Å². The highest BCUT2D eigenvalue weighted by Crippen LogP contribution is 2.03. The van der Waals surface area contributed by atoms with Gasteiger partial charge in [-0.1, -0.05) is 25.1 Å². The van der Waals surface area contributed by atoms with E-state index in [9.17, 15) is 13.2 Å². The van der Waals surface area contributed by atoms with Gasteiger partial charge in [-0.3, -0.25) is 4.84 Å². The van der Waals surface area contributed by atoms with Crippen molar-refractivity contribution < 1.29 is 18.0 Å². The first-order valence-electron chi connectivity index (χ1n) is 5.09. The van der Waals surface area contributed by atoms with Crippen LogP contribution in [0.3, 0.4) is 0 Å². The van der Waals surface area contributed by atoms with Crippen LogP contribution in [0.15, 0.2) is 17.8 Å². The third kappa shape index (κ3) is 6.72. The second-order valence-corrected chi connectivity index (χ2v) is 5.82. The van der Waals surface area contributed by atoms with Crippen molar-refractivity contribution in [3.63, 3.8) is 0 Å². The van der Waals surface area contributed by atoms with E-state index in [1.807, 2.05) is 0 Å². The highest BCUT2D eigenvalue weighted by molar-refractivity contribution is 7.92. The zero-order valence-corrected chi connectivity index (χ0v) is 11.1. The fraction of sp³-hybridized carbons (Fsp3) is 0.600. The Balaban J connectivity index is 4.76. The fourth-order valence-corrected chi connectivity index (χ4v) is 2.22. The van der Waals surface area contributed by atoms with Gasteiger partial charge in [-0.25, -0.2) is 13.2 Å². The van der Waals surface area contributed by atoms with Crippen LogP contribution in [0, 0.1) is 5.92 Å². The highest BCUT2D eigenvalue weighted by Gasteiger charge is 2.17. The molecule has 0 heterocycles. The number of hydrogen-bond donors (Lipinski definition) is 1. The van der Waals surface area contributed by atoms with Crippen molar-refractivity contribution in [3.05, 3.63) is 12.7 Å². The van der Waals surface area contributed by atoms with Crippen molar-refractivity contribution in [2.45, 2.75) is 13.8 Å². The first kappa shape index (κ1) is 15.6. The lowest BCUT2D eigenvalue weighted by Gasteiger charge is -2.09. The molecule has 0 aromatic heterocycles.